The van der Waals surface area contributed by atoms with E-state index in [0.29, 0.717) is 17.1 Å². The maximum Gasteiger partial charge on any atom is 0.253 e. The Morgan fingerprint density at radius 1 is 1.04 bits per heavy atom. The summed E-state index contributed by atoms with van der Waals surface area (Å²) in [5.74, 6) is -0.190. The highest BCUT2D eigenvalue weighted by Gasteiger charge is 2.09. The predicted molar refractivity (Wildman–Crippen MR) is 94.8 cm³/mol. The van der Waals surface area contributed by atoms with E-state index in [1.54, 1.807) is 30.9 Å². The van der Waals surface area contributed by atoms with Crippen molar-refractivity contribution < 1.29 is 4.79 Å². The number of halogens is 1. The van der Waals surface area contributed by atoms with Crippen LogP contribution in [0.1, 0.15) is 21.5 Å². The molecule has 2 aromatic heterocycles. The Balaban J connectivity index is 1.75. The molecular weight excluding hydrogens is 322 g/mol. The zero-order valence-electron chi connectivity index (χ0n) is 13.2. The Morgan fingerprint density at radius 2 is 1.83 bits per heavy atom. The summed E-state index contributed by atoms with van der Waals surface area (Å²) in [5, 5.41) is 3.38. The minimum atomic E-state index is -0.190. The third kappa shape index (κ3) is 3.78. The molecule has 1 aromatic carbocycles. The Kier molecular flexibility index (Phi) is 4.87. The lowest BCUT2D eigenvalue weighted by atomic mass is 10.0. The minimum absolute atomic E-state index is 0.190. The lowest BCUT2D eigenvalue weighted by molar-refractivity contribution is 0.0950. The molecule has 0 unspecified atom stereocenters. The van der Waals surface area contributed by atoms with Crippen LogP contribution in [0.5, 0.6) is 0 Å². The zero-order chi connectivity index (χ0) is 16.9. The van der Waals surface area contributed by atoms with Crippen molar-refractivity contribution in [2.45, 2.75) is 13.5 Å². The average Bonchev–Trinajstić information content (AvgIpc) is 2.61. The van der Waals surface area contributed by atoms with Gasteiger partial charge in [-0.15, -0.1) is 0 Å². The number of aryl methyl sites for hydroxylation is 1. The van der Waals surface area contributed by atoms with Gasteiger partial charge in [0.25, 0.3) is 5.91 Å². The minimum Gasteiger partial charge on any atom is -0.348 e. The lowest BCUT2D eigenvalue weighted by Gasteiger charge is -2.08. The highest BCUT2D eigenvalue weighted by atomic mass is 35.5. The molecule has 0 spiro atoms. The molecule has 5 heteroatoms. The summed E-state index contributed by atoms with van der Waals surface area (Å²) < 4.78 is 0. The smallest absolute Gasteiger partial charge is 0.253 e. The van der Waals surface area contributed by atoms with Crippen LogP contribution in [0.15, 0.2) is 61.2 Å². The van der Waals surface area contributed by atoms with Crippen molar-refractivity contribution >= 4 is 17.5 Å². The number of nitrogens with one attached hydrogen (secondary N) is 1. The van der Waals surface area contributed by atoms with E-state index in [4.69, 9.17) is 11.6 Å². The predicted octanol–water partition coefficient (Wildman–Crippen LogP) is 4.04. The molecule has 1 N–H and O–H groups in total. The van der Waals surface area contributed by atoms with Crippen molar-refractivity contribution in [1.82, 2.24) is 15.3 Å². The van der Waals surface area contributed by atoms with E-state index in [9.17, 15) is 4.79 Å². The molecule has 0 saturated carbocycles. The second-order valence-corrected chi connectivity index (χ2v) is 5.89. The Morgan fingerprint density at radius 3 is 2.58 bits per heavy atom. The Labute approximate surface area is 145 Å². The third-order valence-corrected chi connectivity index (χ3v) is 4.02. The summed E-state index contributed by atoms with van der Waals surface area (Å²) in [7, 11) is 0. The standard InChI is InChI=1S/C19H16ClN3O/c1-13-2-4-14(5-3-13)16-8-17(10-22-9-16)19(24)23-11-15-6-7-21-12-18(15)20/h2-10,12H,11H2,1H3,(H,23,24). The van der Waals surface area contributed by atoms with E-state index in [0.717, 1.165) is 16.7 Å². The Bertz CT molecular complexity index is 862. The molecule has 0 aliphatic carbocycles. The molecule has 0 saturated heterocycles. The molecule has 1 amide bonds. The molecule has 2 heterocycles. The molecule has 120 valence electrons. The van der Waals surface area contributed by atoms with Crippen LogP contribution < -0.4 is 5.32 Å². The normalized spacial score (nSPS) is 10.4. The van der Waals surface area contributed by atoms with Crippen LogP contribution in [0.25, 0.3) is 11.1 Å². The molecular formula is C19H16ClN3O. The van der Waals surface area contributed by atoms with Crippen LogP contribution in [0.3, 0.4) is 0 Å². The van der Waals surface area contributed by atoms with Crippen molar-refractivity contribution in [3.63, 3.8) is 0 Å². The lowest BCUT2D eigenvalue weighted by Crippen LogP contribution is -2.23. The molecule has 0 aliphatic rings. The summed E-state index contributed by atoms with van der Waals surface area (Å²) in [6, 6.07) is 11.7. The first-order valence-corrected chi connectivity index (χ1v) is 7.90. The summed E-state index contributed by atoms with van der Waals surface area (Å²) in [4.78, 5) is 20.5. The SMILES string of the molecule is Cc1ccc(-c2cncc(C(=O)NCc3ccncc3Cl)c2)cc1. The van der Waals surface area contributed by atoms with E-state index in [-0.39, 0.29) is 5.91 Å². The number of carbonyl (C=O) groups is 1. The van der Waals surface area contributed by atoms with E-state index < -0.39 is 0 Å². The van der Waals surface area contributed by atoms with Crippen LogP contribution >= 0.6 is 11.6 Å². The molecule has 0 bridgehead atoms. The number of hydrogen-bond acceptors (Lipinski definition) is 3. The number of rotatable bonds is 4. The van der Waals surface area contributed by atoms with Crippen molar-refractivity contribution in [3.8, 4) is 11.1 Å². The molecule has 3 rings (SSSR count). The summed E-state index contributed by atoms with van der Waals surface area (Å²) in [6.07, 6.45) is 6.51. The van der Waals surface area contributed by atoms with Gasteiger partial charge in [-0.05, 0) is 30.2 Å². The molecule has 0 radical (unpaired) electrons. The van der Waals surface area contributed by atoms with Gasteiger partial charge in [-0.1, -0.05) is 41.4 Å². The third-order valence-electron chi connectivity index (χ3n) is 3.68. The summed E-state index contributed by atoms with van der Waals surface area (Å²) in [5.41, 5.74) is 4.46. The van der Waals surface area contributed by atoms with Gasteiger partial charge in [-0.2, -0.15) is 0 Å². The first-order chi connectivity index (χ1) is 11.6. The van der Waals surface area contributed by atoms with Crippen LogP contribution in [-0.4, -0.2) is 15.9 Å². The maximum absolute atomic E-state index is 12.4. The molecule has 0 atom stereocenters. The highest BCUT2D eigenvalue weighted by molar-refractivity contribution is 6.31. The summed E-state index contributed by atoms with van der Waals surface area (Å²) >= 11 is 6.05. The van der Waals surface area contributed by atoms with Gasteiger partial charge in [0.05, 0.1) is 10.6 Å². The quantitative estimate of drug-likeness (QED) is 0.781. The van der Waals surface area contributed by atoms with Crippen LogP contribution in [-0.2, 0) is 6.54 Å². The van der Waals surface area contributed by atoms with E-state index in [1.165, 1.54) is 5.56 Å². The first-order valence-electron chi connectivity index (χ1n) is 7.52. The van der Waals surface area contributed by atoms with Crippen LogP contribution in [0.4, 0.5) is 0 Å². The van der Waals surface area contributed by atoms with Gasteiger partial charge >= 0.3 is 0 Å². The van der Waals surface area contributed by atoms with E-state index in [1.807, 2.05) is 37.3 Å². The Hall–Kier alpha value is -2.72. The second-order valence-electron chi connectivity index (χ2n) is 5.48. The highest BCUT2D eigenvalue weighted by Crippen LogP contribution is 2.20. The van der Waals surface area contributed by atoms with E-state index in [2.05, 4.69) is 15.3 Å². The molecule has 3 aromatic rings. The largest absolute Gasteiger partial charge is 0.348 e. The number of benzene rings is 1. The van der Waals surface area contributed by atoms with E-state index >= 15 is 0 Å². The van der Waals surface area contributed by atoms with Crippen molar-refractivity contribution in [1.29, 1.82) is 0 Å². The van der Waals surface area contributed by atoms with Gasteiger partial charge in [-0.25, -0.2) is 0 Å². The van der Waals surface area contributed by atoms with Crippen LogP contribution in [0.2, 0.25) is 5.02 Å². The van der Waals surface area contributed by atoms with Crippen molar-refractivity contribution in [2.24, 2.45) is 0 Å². The van der Waals surface area contributed by atoms with Gasteiger partial charge in [-0.3, -0.25) is 14.8 Å². The fraction of sp³-hybridized carbons (Fsp3) is 0.105. The van der Waals surface area contributed by atoms with Gasteiger partial charge in [0.1, 0.15) is 0 Å². The van der Waals surface area contributed by atoms with Gasteiger partial charge < -0.3 is 5.32 Å². The zero-order valence-corrected chi connectivity index (χ0v) is 13.9. The fourth-order valence-electron chi connectivity index (χ4n) is 2.29. The second kappa shape index (κ2) is 7.23. The molecule has 0 fully saturated rings. The molecule has 4 nitrogen and oxygen atoms in total. The average molecular weight is 338 g/mol. The van der Waals surface area contributed by atoms with Gasteiger partial charge in [0, 0.05) is 36.9 Å². The number of pyridine rings is 2. The monoisotopic (exact) mass is 337 g/mol. The van der Waals surface area contributed by atoms with Gasteiger partial charge in [0.15, 0.2) is 0 Å². The fourth-order valence-corrected chi connectivity index (χ4v) is 2.48. The first kappa shape index (κ1) is 16.1. The number of aromatic nitrogens is 2. The number of amides is 1. The maximum atomic E-state index is 12.4. The van der Waals surface area contributed by atoms with Gasteiger partial charge in [0.2, 0.25) is 0 Å². The number of carbonyl (C=O) groups excluding carboxylic acids is 1. The van der Waals surface area contributed by atoms with Crippen LogP contribution in [0, 0.1) is 6.92 Å². The van der Waals surface area contributed by atoms with Crippen molar-refractivity contribution in [2.75, 3.05) is 0 Å². The van der Waals surface area contributed by atoms with Crippen molar-refractivity contribution in [3.05, 3.63) is 82.9 Å². The topological polar surface area (TPSA) is 54.9 Å². The number of hydrogen-bond donors (Lipinski definition) is 1. The number of nitrogens with zero attached hydrogens (tertiary/aromatic N) is 2. The molecule has 0 aliphatic heterocycles. The summed E-state index contributed by atoms with van der Waals surface area (Å²) in [6.45, 7) is 2.38. The molecule has 24 heavy (non-hydrogen) atoms.